The molecule has 0 spiro atoms. The lowest BCUT2D eigenvalue weighted by molar-refractivity contribution is -0.114. The van der Waals surface area contributed by atoms with E-state index in [0.717, 1.165) is 33.1 Å². The van der Waals surface area contributed by atoms with Gasteiger partial charge >= 0.3 is 0 Å². The maximum absolute atomic E-state index is 11.2. The van der Waals surface area contributed by atoms with Crippen LogP contribution in [-0.4, -0.2) is 10.9 Å². The number of carbonyl (C=O) groups excluding carboxylic acids is 1. The van der Waals surface area contributed by atoms with E-state index in [1.165, 1.54) is 11.6 Å². The standard InChI is InChI=1S/C18H18N2O2S/c1-11-9-16(12(2)8-15(11)19-13(3)21)22-10-18-20-14-6-4-5-7-17(14)23-18/h4-9H,10H2,1-3H3,(H,19,21). The number of benzene rings is 2. The molecule has 1 aromatic heterocycles. The highest BCUT2D eigenvalue weighted by Crippen LogP contribution is 2.28. The minimum absolute atomic E-state index is 0.0735. The maximum Gasteiger partial charge on any atom is 0.221 e. The monoisotopic (exact) mass is 326 g/mol. The van der Waals surface area contributed by atoms with Crippen molar-refractivity contribution >= 4 is 33.1 Å². The van der Waals surface area contributed by atoms with E-state index in [4.69, 9.17) is 4.74 Å². The van der Waals surface area contributed by atoms with Crippen molar-refractivity contribution in [2.45, 2.75) is 27.4 Å². The minimum Gasteiger partial charge on any atom is -0.486 e. The summed E-state index contributed by atoms with van der Waals surface area (Å²) in [5.41, 5.74) is 3.79. The van der Waals surface area contributed by atoms with Gasteiger partial charge in [0.25, 0.3) is 0 Å². The van der Waals surface area contributed by atoms with Crippen LogP contribution in [0.2, 0.25) is 0 Å². The van der Waals surface area contributed by atoms with Gasteiger partial charge in [-0.05, 0) is 49.2 Å². The van der Waals surface area contributed by atoms with E-state index in [1.807, 2.05) is 44.2 Å². The van der Waals surface area contributed by atoms with Crippen LogP contribution in [0.4, 0.5) is 5.69 Å². The van der Waals surface area contributed by atoms with Crippen molar-refractivity contribution in [2.24, 2.45) is 0 Å². The molecule has 1 amide bonds. The molecule has 5 heteroatoms. The molecule has 0 bridgehead atoms. The average Bonchev–Trinajstić information content (AvgIpc) is 2.91. The summed E-state index contributed by atoms with van der Waals surface area (Å²) in [6, 6.07) is 12.0. The third kappa shape index (κ3) is 3.51. The number of fused-ring (bicyclic) bond motifs is 1. The van der Waals surface area contributed by atoms with Crippen molar-refractivity contribution in [3.05, 3.63) is 52.5 Å². The fourth-order valence-corrected chi connectivity index (χ4v) is 3.27. The molecule has 0 atom stereocenters. The molecule has 0 radical (unpaired) electrons. The summed E-state index contributed by atoms with van der Waals surface area (Å²) in [6.45, 7) is 5.87. The van der Waals surface area contributed by atoms with Crippen LogP contribution < -0.4 is 10.1 Å². The van der Waals surface area contributed by atoms with Crippen LogP contribution in [-0.2, 0) is 11.4 Å². The third-order valence-electron chi connectivity index (χ3n) is 3.52. The summed E-state index contributed by atoms with van der Waals surface area (Å²) in [6.07, 6.45) is 0. The molecule has 1 N–H and O–H groups in total. The van der Waals surface area contributed by atoms with Gasteiger partial charge < -0.3 is 10.1 Å². The Morgan fingerprint density at radius 2 is 2.00 bits per heavy atom. The van der Waals surface area contributed by atoms with Crippen LogP contribution in [0, 0.1) is 13.8 Å². The number of ether oxygens (including phenoxy) is 1. The molecule has 3 rings (SSSR count). The van der Waals surface area contributed by atoms with E-state index < -0.39 is 0 Å². The summed E-state index contributed by atoms with van der Waals surface area (Å²) >= 11 is 1.65. The maximum atomic E-state index is 11.2. The van der Waals surface area contributed by atoms with Gasteiger partial charge in [-0.15, -0.1) is 11.3 Å². The number of nitrogens with zero attached hydrogens (tertiary/aromatic N) is 1. The highest BCUT2D eigenvalue weighted by atomic mass is 32.1. The largest absolute Gasteiger partial charge is 0.486 e. The predicted molar refractivity (Wildman–Crippen MR) is 94.2 cm³/mol. The van der Waals surface area contributed by atoms with Crippen LogP contribution in [0.3, 0.4) is 0 Å². The van der Waals surface area contributed by atoms with E-state index in [-0.39, 0.29) is 5.91 Å². The number of hydrogen-bond acceptors (Lipinski definition) is 4. The van der Waals surface area contributed by atoms with Crippen molar-refractivity contribution < 1.29 is 9.53 Å². The second kappa shape index (κ2) is 6.38. The molecule has 118 valence electrons. The van der Waals surface area contributed by atoms with Crippen molar-refractivity contribution in [3.8, 4) is 5.75 Å². The van der Waals surface area contributed by atoms with E-state index >= 15 is 0 Å². The summed E-state index contributed by atoms with van der Waals surface area (Å²) < 4.78 is 7.10. The highest BCUT2D eigenvalue weighted by molar-refractivity contribution is 7.18. The molecular formula is C18H18N2O2S. The predicted octanol–water partition coefficient (Wildman–Crippen LogP) is 4.45. The number of nitrogens with one attached hydrogen (secondary N) is 1. The zero-order valence-electron chi connectivity index (χ0n) is 13.3. The van der Waals surface area contributed by atoms with Crippen molar-refractivity contribution in [1.82, 2.24) is 4.98 Å². The first-order chi connectivity index (χ1) is 11.0. The molecule has 0 fully saturated rings. The first-order valence-electron chi connectivity index (χ1n) is 7.39. The number of aromatic nitrogens is 1. The Morgan fingerprint density at radius 1 is 1.22 bits per heavy atom. The van der Waals surface area contributed by atoms with Crippen LogP contribution in [0.25, 0.3) is 10.2 Å². The lowest BCUT2D eigenvalue weighted by Crippen LogP contribution is -2.08. The Bertz CT molecular complexity index is 838. The first kappa shape index (κ1) is 15.5. The molecule has 2 aromatic carbocycles. The quantitative estimate of drug-likeness (QED) is 0.770. The van der Waals surface area contributed by atoms with E-state index in [0.29, 0.717) is 6.61 Å². The number of hydrogen-bond donors (Lipinski definition) is 1. The van der Waals surface area contributed by atoms with E-state index in [2.05, 4.69) is 16.4 Å². The Kier molecular flexibility index (Phi) is 4.30. The topological polar surface area (TPSA) is 51.2 Å². The molecule has 3 aromatic rings. The lowest BCUT2D eigenvalue weighted by atomic mass is 10.1. The van der Waals surface area contributed by atoms with Crippen LogP contribution >= 0.6 is 11.3 Å². The first-order valence-corrected chi connectivity index (χ1v) is 8.20. The van der Waals surface area contributed by atoms with Crippen molar-refractivity contribution in [3.63, 3.8) is 0 Å². The second-order valence-electron chi connectivity index (χ2n) is 5.48. The summed E-state index contributed by atoms with van der Waals surface area (Å²) in [4.78, 5) is 15.8. The molecule has 0 saturated carbocycles. The van der Waals surface area contributed by atoms with Crippen molar-refractivity contribution in [1.29, 1.82) is 0 Å². The van der Waals surface area contributed by atoms with Crippen LogP contribution in [0.5, 0.6) is 5.75 Å². The van der Waals surface area contributed by atoms with Crippen LogP contribution in [0.1, 0.15) is 23.1 Å². The fraction of sp³-hybridized carbons (Fsp3) is 0.222. The van der Waals surface area contributed by atoms with E-state index in [1.54, 1.807) is 11.3 Å². The van der Waals surface area contributed by atoms with Gasteiger partial charge in [-0.1, -0.05) is 12.1 Å². The number of thiazole rings is 1. The van der Waals surface area contributed by atoms with Gasteiger partial charge in [0.15, 0.2) is 0 Å². The molecule has 0 unspecified atom stereocenters. The number of para-hydroxylation sites is 1. The molecule has 0 aliphatic heterocycles. The lowest BCUT2D eigenvalue weighted by Gasteiger charge is -2.13. The number of aryl methyl sites for hydroxylation is 2. The molecule has 0 aliphatic rings. The third-order valence-corrected chi connectivity index (χ3v) is 4.53. The van der Waals surface area contributed by atoms with Gasteiger partial charge in [0, 0.05) is 12.6 Å². The van der Waals surface area contributed by atoms with Gasteiger partial charge in [-0.2, -0.15) is 0 Å². The van der Waals surface area contributed by atoms with Gasteiger partial charge in [0.1, 0.15) is 17.4 Å². The molecular weight excluding hydrogens is 308 g/mol. The Labute approximate surface area is 139 Å². The number of rotatable bonds is 4. The van der Waals surface area contributed by atoms with Gasteiger partial charge in [-0.25, -0.2) is 4.98 Å². The van der Waals surface area contributed by atoms with Crippen molar-refractivity contribution in [2.75, 3.05) is 5.32 Å². The fourth-order valence-electron chi connectivity index (χ4n) is 2.39. The smallest absolute Gasteiger partial charge is 0.221 e. The normalized spacial score (nSPS) is 10.7. The summed E-state index contributed by atoms with van der Waals surface area (Å²) in [5.74, 6) is 0.742. The highest BCUT2D eigenvalue weighted by Gasteiger charge is 2.09. The second-order valence-corrected chi connectivity index (χ2v) is 6.59. The number of carbonyl (C=O) groups is 1. The SMILES string of the molecule is CC(=O)Nc1cc(C)c(OCc2nc3ccccc3s2)cc1C. The Balaban J connectivity index is 1.77. The molecule has 0 aliphatic carbocycles. The average molecular weight is 326 g/mol. The summed E-state index contributed by atoms with van der Waals surface area (Å²) in [5, 5.41) is 3.78. The summed E-state index contributed by atoms with van der Waals surface area (Å²) in [7, 11) is 0. The Hall–Kier alpha value is -2.40. The minimum atomic E-state index is -0.0735. The van der Waals surface area contributed by atoms with Gasteiger partial charge in [0.2, 0.25) is 5.91 Å². The van der Waals surface area contributed by atoms with Gasteiger partial charge in [0.05, 0.1) is 10.2 Å². The molecule has 23 heavy (non-hydrogen) atoms. The van der Waals surface area contributed by atoms with Crippen LogP contribution in [0.15, 0.2) is 36.4 Å². The molecule has 0 saturated heterocycles. The Morgan fingerprint density at radius 3 is 2.74 bits per heavy atom. The van der Waals surface area contributed by atoms with E-state index in [9.17, 15) is 4.79 Å². The number of amides is 1. The molecule has 1 heterocycles. The molecule has 4 nitrogen and oxygen atoms in total. The zero-order valence-corrected chi connectivity index (χ0v) is 14.2. The number of anilines is 1. The van der Waals surface area contributed by atoms with Gasteiger partial charge in [-0.3, -0.25) is 4.79 Å². The zero-order chi connectivity index (χ0) is 16.4.